The molecule has 0 atom stereocenters. The Kier molecular flexibility index (Phi) is 4.20. The Labute approximate surface area is 134 Å². The number of sulfonamides is 1. The van der Waals surface area contributed by atoms with Crippen LogP contribution in [0.5, 0.6) is 0 Å². The molecule has 8 heteroatoms. The van der Waals surface area contributed by atoms with Gasteiger partial charge in [0.2, 0.25) is 15.9 Å². The highest BCUT2D eigenvalue weighted by atomic mass is 32.2. The third kappa shape index (κ3) is 3.42. The summed E-state index contributed by atoms with van der Waals surface area (Å²) in [5, 5.41) is 3.89. The fourth-order valence-corrected chi connectivity index (χ4v) is 4.00. The number of rotatable bonds is 5. The molecule has 2 heterocycles. The van der Waals surface area contributed by atoms with Gasteiger partial charge in [-0.25, -0.2) is 12.8 Å². The summed E-state index contributed by atoms with van der Waals surface area (Å²) in [5.74, 6) is 0.550. The summed E-state index contributed by atoms with van der Waals surface area (Å²) in [5.41, 5.74) is 0.438. The molecule has 6 nitrogen and oxygen atoms in total. The van der Waals surface area contributed by atoms with Gasteiger partial charge in [-0.2, -0.15) is 9.29 Å². The van der Waals surface area contributed by atoms with Crippen LogP contribution in [0.25, 0.3) is 0 Å². The van der Waals surface area contributed by atoms with Gasteiger partial charge in [-0.05, 0) is 17.7 Å². The van der Waals surface area contributed by atoms with E-state index >= 15 is 0 Å². The second-order valence-corrected chi connectivity index (χ2v) is 8.01. The minimum atomic E-state index is -3.47. The Morgan fingerprint density at radius 2 is 2.13 bits per heavy atom. The number of hydrogen-bond acceptors (Lipinski definition) is 5. The van der Waals surface area contributed by atoms with Gasteiger partial charge in [-0.1, -0.05) is 31.1 Å². The van der Waals surface area contributed by atoms with Crippen molar-refractivity contribution >= 4 is 10.0 Å². The molecule has 1 aromatic carbocycles. The highest BCUT2D eigenvalue weighted by molar-refractivity contribution is 7.88. The lowest BCUT2D eigenvalue weighted by Crippen LogP contribution is -2.48. The highest BCUT2D eigenvalue weighted by Gasteiger charge is 2.39. The summed E-state index contributed by atoms with van der Waals surface area (Å²) in [6, 6.07) is 5.63. The summed E-state index contributed by atoms with van der Waals surface area (Å²) < 4.78 is 44.4. The summed E-state index contributed by atoms with van der Waals surface area (Å²) in [4.78, 5) is 4.29. The Bertz CT molecular complexity index is 798. The van der Waals surface area contributed by atoms with Crippen LogP contribution in [-0.2, 0) is 15.8 Å². The van der Waals surface area contributed by atoms with E-state index in [1.165, 1.54) is 22.5 Å². The Hall–Kier alpha value is -1.80. The monoisotopic (exact) mass is 339 g/mol. The summed E-state index contributed by atoms with van der Waals surface area (Å²) in [6.45, 7) is 4.56. The zero-order valence-electron chi connectivity index (χ0n) is 12.9. The van der Waals surface area contributed by atoms with Crippen molar-refractivity contribution in [2.75, 3.05) is 13.1 Å². The first-order valence-corrected chi connectivity index (χ1v) is 9.02. The maximum absolute atomic E-state index is 13.2. The van der Waals surface area contributed by atoms with Gasteiger partial charge in [-0.3, -0.25) is 0 Å². The molecule has 23 heavy (non-hydrogen) atoms. The van der Waals surface area contributed by atoms with Crippen molar-refractivity contribution < 1.29 is 17.3 Å². The molecule has 0 N–H and O–H groups in total. The topological polar surface area (TPSA) is 76.3 Å². The lowest BCUT2D eigenvalue weighted by Gasteiger charge is -2.35. The second kappa shape index (κ2) is 6.01. The largest absolute Gasteiger partial charge is 0.339 e. The molecule has 1 aliphatic heterocycles. The van der Waals surface area contributed by atoms with Crippen molar-refractivity contribution in [3.63, 3.8) is 0 Å². The molecule has 0 saturated carbocycles. The van der Waals surface area contributed by atoms with Crippen LogP contribution in [0.3, 0.4) is 0 Å². The fraction of sp³-hybridized carbons (Fsp3) is 0.467. The van der Waals surface area contributed by atoms with Crippen LogP contribution in [0.1, 0.15) is 43.0 Å². The molecule has 0 bridgehead atoms. The van der Waals surface area contributed by atoms with Gasteiger partial charge in [0.05, 0.1) is 11.7 Å². The molecular weight excluding hydrogens is 321 g/mol. The van der Waals surface area contributed by atoms with Crippen LogP contribution in [0, 0.1) is 5.82 Å². The van der Waals surface area contributed by atoms with E-state index in [0.29, 0.717) is 30.4 Å². The van der Waals surface area contributed by atoms with Gasteiger partial charge in [0.1, 0.15) is 5.82 Å². The lowest BCUT2D eigenvalue weighted by atomic mass is 10.0. The molecule has 0 amide bonds. The molecule has 0 aliphatic carbocycles. The average molecular weight is 339 g/mol. The Balaban J connectivity index is 1.63. The van der Waals surface area contributed by atoms with Gasteiger partial charge >= 0.3 is 0 Å². The van der Waals surface area contributed by atoms with Crippen LogP contribution < -0.4 is 0 Å². The first-order chi connectivity index (χ1) is 10.8. The first-order valence-electron chi connectivity index (χ1n) is 7.41. The van der Waals surface area contributed by atoms with Crippen molar-refractivity contribution in [3.8, 4) is 0 Å². The van der Waals surface area contributed by atoms with E-state index < -0.39 is 15.8 Å². The summed E-state index contributed by atoms with van der Waals surface area (Å²) in [7, 11) is -3.47. The SMILES string of the molecule is CC(C)c1noc(C2CN(S(=O)(=O)Cc3cccc(F)c3)C2)n1. The van der Waals surface area contributed by atoms with Gasteiger partial charge in [0.15, 0.2) is 5.82 Å². The maximum Gasteiger partial charge on any atom is 0.232 e. The molecular formula is C15H18FN3O3S. The molecule has 0 unspecified atom stereocenters. The van der Waals surface area contributed by atoms with Crippen molar-refractivity contribution in [1.82, 2.24) is 14.4 Å². The van der Waals surface area contributed by atoms with Gasteiger partial charge < -0.3 is 4.52 Å². The molecule has 3 rings (SSSR count). The predicted octanol–water partition coefficient (Wildman–Crippen LogP) is 2.26. The van der Waals surface area contributed by atoms with Crippen LogP contribution in [0.15, 0.2) is 28.8 Å². The van der Waals surface area contributed by atoms with E-state index in [9.17, 15) is 12.8 Å². The van der Waals surface area contributed by atoms with Crippen molar-refractivity contribution in [3.05, 3.63) is 47.4 Å². The van der Waals surface area contributed by atoms with E-state index in [-0.39, 0.29) is 17.6 Å². The van der Waals surface area contributed by atoms with E-state index in [1.807, 2.05) is 13.8 Å². The normalized spacial score (nSPS) is 16.7. The zero-order valence-corrected chi connectivity index (χ0v) is 13.8. The van der Waals surface area contributed by atoms with Crippen molar-refractivity contribution in [2.45, 2.75) is 31.4 Å². The van der Waals surface area contributed by atoms with Gasteiger partial charge in [0, 0.05) is 19.0 Å². The van der Waals surface area contributed by atoms with Crippen molar-refractivity contribution in [2.24, 2.45) is 0 Å². The number of hydrogen-bond donors (Lipinski definition) is 0. The standard InChI is InChI=1S/C15H18FN3O3S/c1-10(2)14-17-15(22-18-14)12-7-19(8-12)23(20,21)9-11-4-3-5-13(16)6-11/h3-6,10,12H,7-9H2,1-2H3. The summed E-state index contributed by atoms with van der Waals surface area (Å²) in [6.07, 6.45) is 0. The van der Waals surface area contributed by atoms with Crippen molar-refractivity contribution in [1.29, 1.82) is 0 Å². The molecule has 1 aliphatic rings. The molecule has 0 spiro atoms. The van der Waals surface area contributed by atoms with Gasteiger partial charge in [0.25, 0.3) is 0 Å². The zero-order chi connectivity index (χ0) is 16.6. The Morgan fingerprint density at radius 3 is 2.74 bits per heavy atom. The molecule has 1 saturated heterocycles. The van der Waals surface area contributed by atoms with E-state index in [4.69, 9.17) is 4.52 Å². The molecule has 1 fully saturated rings. The maximum atomic E-state index is 13.2. The third-order valence-electron chi connectivity index (χ3n) is 3.80. The van der Waals surface area contributed by atoms with Gasteiger partial charge in [-0.15, -0.1) is 0 Å². The van der Waals surface area contributed by atoms with E-state index in [2.05, 4.69) is 10.1 Å². The molecule has 124 valence electrons. The van der Waals surface area contributed by atoms with E-state index in [0.717, 1.165) is 0 Å². The number of aromatic nitrogens is 2. The third-order valence-corrected chi connectivity index (χ3v) is 5.59. The average Bonchev–Trinajstić information content (AvgIpc) is 2.85. The van der Waals surface area contributed by atoms with Crippen LogP contribution >= 0.6 is 0 Å². The number of benzene rings is 1. The second-order valence-electron chi connectivity index (χ2n) is 6.05. The minimum absolute atomic E-state index is 0.0720. The Morgan fingerprint density at radius 1 is 1.39 bits per heavy atom. The quantitative estimate of drug-likeness (QED) is 0.835. The lowest BCUT2D eigenvalue weighted by molar-refractivity contribution is 0.216. The first kappa shape index (κ1) is 16.1. The fourth-order valence-electron chi connectivity index (χ4n) is 2.40. The molecule has 0 radical (unpaired) electrons. The van der Waals surface area contributed by atoms with Crippen LogP contribution in [0.4, 0.5) is 4.39 Å². The number of nitrogens with zero attached hydrogens (tertiary/aromatic N) is 3. The highest BCUT2D eigenvalue weighted by Crippen LogP contribution is 2.30. The number of halogens is 1. The van der Waals surface area contributed by atoms with Crippen LogP contribution in [0.2, 0.25) is 0 Å². The summed E-state index contributed by atoms with van der Waals surface area (Å²) >= 11 is 0. The van der Waals surface area contributed by atoms with E-state index in [1.54, 1.807) is 6.07 Å². The molecule has 1 aromatic heterocycles. The molecule has 2 aromatic rings. The smallest absolute Gasteiger partial charge is 0.232 e. The minimum Gasteiger partial charge on any atom is -0.339 e. The predicted molar refractivity (Wildman–Crippen MR) is 81.7 cm³/mol. The van der Waals surface area contributed by atoms with Crippen LogP contribution in [-0.4, -0.2) is 36.0 Å².